The fourth-order valence-electron chi connectivity index (χ4n) is 8.87. The SMILES string of the molecule is CC[C@H](O[Si](CC)(CC)CC)[C@@H](C)[C@@H]1O[C@@H]1[C@@](C)(O)[C@@](C)(/C=C/C(C)=C(\C)[C@H]1C/C=C/[CH]CCC[C@@H](O[Si](CC)(CC)CC)CC(=O)O1)O[Si](CC)(CC)CC. The van der Waals surface area contributed by atoms with Crippen LogP contribution in [0.25, 0.3) is 0 Å². The van der Waals surface area contributed by atoms with Gasteiger partial charge in [0.2, 0.25) is 0 Å². The van der Waals surface area contributed by atoms with Gasteiger partial charge in [0.15, 0.2) is 25.0 Å². The van der Waals surface area contributed by atoms with E-state index in [0.717, 1.165) is 91.2 Å². The average Bonchev–Trinajstić information content (AvgIpc) is 4.02. The molecule has 1 fully saturated rings. The highest BCUT2D eigenvalue weighted by molar-refractivity contribution is 6.74. The Kier molecular flexibility index (Phi) is 21.3. The first-order valence-electron chi connectivity index (χ1n) is 22.9. The monoisotopic (exact) mass is 836 g/mol. The molecule has 2 heterocycles. The van der Waals surface area contributed by atoms with Gasteiger partial charge in [0.1, 0.15) is 23.4 Å². The number of esters is 1. The second kappa shape index (κ2) is 23.2. The summed E-state index contributed by atoms with van der Waals surface area (Å²) in [6.07, 6.45) is 14.3. The van der Waals surface area contributed by atoms with Gasteiger partial charge in [-0.25, -0.2) is 0 Å². The lowest BCUT2D eigenvalue weighted by Gasteiger charge is -2.46. The van der Waals surface area contributed by atoms with Crippen molar-refractivity contribution in [3.05, 3.63) is 41.9 Å². The van der Waals surface area contributed by atoms with Crippen molar-refractivity contribution in [1.29, 1.82) is 0 Å². The van der Waals surface area contributed by atoms with Crippen LogP contribution in [-0.4, -0.2) is 77.7 Å². The van der Waals surface area contributed by atoms with E-state index in [0.29, 0.717) is 6.42 Å². The molecule has 1 saturated heterocycles. The Balaban J connectivity index is 2.49. The van der Waals surface area contributed by atoms with Gasteiger partial charge >= 0.3 is 5.97 Å². The molecule has 0 aromatic rings. The van der Waals surface area contributed by atoms with E-state index in [1.165, 1.54) is 0 Å². The van der Waals surface area contributed by atoms with Gasteiger partial charge in [0.25, 0.3) is 0 Å². The normalized spacial score (nSPS) is 26.2. The lowest BCUT2D eigenvalue weighted by atomic mass is 9.79. The summed E-state index contributed by atoms with van der Waals surface area (Å²) in [5.74, 6) is -0.0514. The maximum Gasteiger partial charge on any atom is 0.308 e. The molecule has 7 nitrogen and oxygen atoms in total. The van der Waals surface area contributed by atoms with Gasteiger partial charge in [-0.3, -0.25) is 4.79 Å². The number of ether oxygens (including phenoxy) is 2. The number of cyclic esters (lactones) is 1. The standard InChI is InChI=1S/C46H87O7Si3/c1-16-40(52-55(20-5,21-6)22-7)38(13)43-44(50-43)46(15,48)45(14,53-56(23-8,24-9)25-10)34-33-36(11)37(12)41-32-30-28-26-27-29-31-39(35-42(47)49-41)51-54(17-2,18-3)19-4/h26,28,30,33-34,38-41,43-44,48H,16-25,27,29,31-32,35H2,1-15H3/b30-28+,34-33+,37-36+/t38-,39-,40+,41-,43+,44+,45-,46-/m1/s1. The number of rotatable bonds is 23. The Morgan fingerprint density at radius 3 is 1.96 bits per heavy atom. The van der Waals surface area contributed by atoms with Crippen LogP contribution >= 0.6 is 0 Å². The molecule has 2 rings (SSSR count). The molecule has 0 aromatic heterocycles. The van der Waals surface area contributed by atoms with Gasteiger partial charge in [-0.15, -0.1) is 0 Å². The zero-order chi connectivity index (χ0) is 42.4. The van der Waals surface area contributed by atoms with Crippen LogP contribution in [0.2, 0.25) is 54.4 Å². The number of carbonyl (C=O) groups is 1. The van der Waals surface area contributed by atoms with Crippen molar-refractivity contribution in [3.8, 4) is 0 Å². The van der Waals surface area contributed by atoms with Crippen LogP contribution in [-0.2, 0) is 27.5 Å². The molecule has 0 unspecified atom stereocenters. The first-order chi connectivity index (χ1) is 26.4. The van der Waals surface area contributed by atoms with Crippen molar-refractivity contribution in [3.63, 3.8) is 0 Å². The van der Waals surface area contributed by atoms with Crippen LogP contribution in [0.3, 0.4) is 0 Å². The van der Waals surface area contributed by atoms with Crippen LogP contribution in [0.4, 0.5) is 0 Å². The molecule has 10 heteroatoms. The van der Waals surface area contributed by atoms with E-state index in [1.807, 2.05) is 6.92 Å². The molecular formula is C46H87O7Si3. The number of hydrogen-bond acceptors (Lipinski definition) is 7. The Hall–Kier alpha value is -0.859. The highest BCUT2D eigenvalue weighted by Crippen LogP contribution is 2.48. The Morgan fingerprint density at radius 2 is 1.45 bits per heavy atom. The molecular weight excluding hydrogens is 749 g/mol. The van der Waals surface area contributed by atoms with Crippen LogP contribution in [0.15, 0.2) is 35.5 Å². The van der Waals surface area contributed by atoms with Crippen LogP contribution < -0.4 is 0 Å². The molecule has 2 aliphatic heterocycles. The Labute approximate surface area is 348 Å². The molecule has 0 bridgehead atoms. The van der Waals surface area contributed by atoms with Gasteiger partial charge in [0, 0.05) is 18.4 Å². The molecule has 56 heavy (non-hydrogen) atoms. The highest BCUT2D eigenvalue weighted by Gasteiger charge is 2.63. The van der Waals surface area contributed by atoms with Crippen LogP contribution in [0, 0.1) is 12.3 Å². The van der Waals surface area contributed by atoms with Gasteiger partial charge in [0.05, 0.1) is 18.6 Å². The smallest absolute Gasteiger partial charge is 0.308 e. The molecule has 0 saturated carbocycles. The van der Waals surface area contributed by atoms with E-state index in [1.54, 1.807) is 0 Å². The molecule has 1 radical (unpaired) electrons. The molecule has 0 amide bonds. The lowest BCUT2D eigenvalue weighted by Crippen LogP contribution is -2.60. The zero-order valence-electron chi connectivity index (χ0n) is 38.9. The predicted molar refractivity (Wildman–Crippen MR) is 243 cm³/mol. The van der Waals surface area contributed by atoms with Gasteiger partial charge in [-0.05, 0) is 119 Å². The summed E-state index contributed by atoms with van der Waals surface area (Å²) in [6, 6.07) is 9.40. The summed E-state index contributed by atoms with van der Waals surface area (Å²) < 4.78 is 34.0. The summed E-state index contributed by atoms with van der Waals surface area (Å²) in [7, 11) is -5.90. The number of allylic oxidation sites excluding steroid dienone is 3. The Morgan fingerprint density at radius 1 is 0.893 bits per heavy atom. The fourth-order valence-corrected chi connectivity index (χ4v) is 17.9. The van der Waals surface area contributed by atoms with Crippen molar-refractivity contribution < 1.29 is 32.7 Å². The minimum absolute atomic E-state index is 0.0926. The minimum atomic E-state index is -2.20. The maximum atomic E-state index is 13.6. The maximum absolute atomic E-state index is 13.6. The third-order valence-electron chi connectivity index (χ3n) is 14.6. The van der Waals surface area contributed by atoms with Crippen LogP contribution in [0.5, 0.6) is 0 Å². The van der Waals surface area contributed by atoms with E-state index >= 15 is 0 Å². The van der Waals surface area contributed by atoms with Crippen molar-refractivity contribution in [2.75, 3.05) is 0 Å². The van der Waals surface area contributed by atoms with E-state index in [-0.39, 0.29) is 42.7 Å². The average molecular weight is 836 g/mol. The molecule has 8 atom stereocenters. The third-order valence-corrected chi connectivity index (χ3v) is 28.7. The molecule has 1 N–H and O–H groups in total. The largest absolute Gasteiger partial charge is 0.457 e. The van der Waals surface area contributed by atoms with E-state index in [9.17, 15) is 9.90 Å². The summed E-state index contributed by atoms with van der Waals surface area (Å²) in [5.41, 5.74) is -0.329. The van der Waals surface area contributed by atoms with Crippen LogP contribution in [0.1, 0.15) is 142 Å². The number of hydrogen-bond donors (Lipinski definition) is 1. The number of aliphatic hydroxyl groups is 1. The first kappa shape index (κ1) is 51.3. The van der Waals surface area contributed by atoms with Gasteiger partial charge in [-0.1, -0.05) is 107 Å². The second-order valence-electron chi connectivity index (χ2n) is 17.5. The first-order valence-corrected chi connectivity index (χ1v) is 30.5. The van der Waals surface area contributed by atoms with Crippen molar-refractivity contribution >= 4 is 30.9 Å². The molecule has 0 aliphatic carbocycles. The summed E-state index contributed by atoms with van der Waals surface area (Å²) >= 11 is 0. The summed E-state index contributed by atoms with van der Waals surface area (Å²) in [5, 5.41) is 12.7. The van der Waals surface area contributed by atoms with E-state index < -0.39 is 42.3 Å². The molecule has 2 aliphatic rings. The molecule has 0 aromatic carbocycles. The third kappa shape index (κ3) is 13.1. The van der Waals surface area contributed by atoms with E-state index in [2.05, 4.69) is 128 Å². The summed E-state index contributed by atoms with van der Waals surface area (Å²) in [4.78, 5) is 13.6. The van der Waals surface area contributed by atoms with Crippen molar-refractivity contribution in [2.24, 2.45) is 5.92 Å². The molecule has 325 valence electrons. The quantitative estimate of drug-likeness (QED) is 0.0475. The van der Waals surface area contributed by atoms with Crippen molar-refractivity contribution in [1.82, 2.24) is 0 Å². The number of carbonyl (C=O) groups excluding carboxylic acids is 1. The minimum Gasteiger partial charge on any atom is -0.457 e. The Bertz CT molecular complexity index is 1240. The molecule has 0 spiro atoms. The highest BCUT2D eigenvalue weighted by atomic mass is 28.4. The number of epoxide rings is 1. The zero-order valence-corrected chi connectivity index (χ0v) is 41.9. The summed E-state index contributed by atoms with van der Waals surface area (Å²) in [6.45, 7) is 32.8. The van der Waals surface area contributed by atoms with Gasteiger partial charge < -0.3 is 27.9 Å². The van der Waals surface area contributed by atoms with Gasteiger partial charge in [-0.2, -0.15) is 0 Å². The van der Waals surface area contributed by atoms with E-state index in [4.69, 9.17) is 22.8 Å². The second-order valence-corrected chi connectivity index (χ2v) is 31.6. The lowest BCUT2D eigenvalue weighted by molar-refractivity contribution is -0.149. The fraction of sp³-hybridized carbons (Fsp3) is 0.826. The topological polar surface area (TPSA) is 86.8 Å². The predicted octanol–water partition coefficient (Wildman–Crippen LogP) is 12.6. The van der Waals surface area contributed by atoms with Crippen molar-refractivity contribution in [2.45, 2.75) is 238 Å².